The molecule has 0 atom stereocenters. The number of thiazole rings is 1. The summed E-state index contributed by atoms with van der Waals surface area (Å²) in [4.78, 5) is 24.1. The maximum Gasteiger partial charge on any atom is 0.267 e. The highest BCUT2D eigenvalue weighted by Gasteiger charge is 2.27. The highest BCUT2D eigenvalue weighted by atomic mass is 32.1. The molecule has 1 amide bonds. The third kappa shape index (κ3) is 2.98. The van der Waals surface area contributed by atoms with E-state index in [1.165, 1.54) is 24.2 Å². The van der Waals surface area contributed by atoms with Gasteiger partial charge in [-0.15, -0.1) is 0 Å². The van der Waals surface area contributed by atoms with Crippen LogP contribution in [0.25, 0.3) is 0 Å². The van der Waals surface area contributed by atoms with Gasteiger partial charge >= 0.3 is 0 Å². The molecule has 0 aliphatic carbocycles. The third-order valence-electron chi connectivity index (χ3n) is 4.32. The first-order valence-electron chi connectivity index (χ1n) is 7.72. The Kier molecular flexibility index (Phi) is 4.30. The highest BCUT2D eigenvalue weighted by Crippen LogP contribution is 2.31. The van der Waals surface area contributed by atoms with E-state index in [0.29, 0.717) is 10.7 Å². The number of anilines is 2. The number of likely N-dealkylation sites (N-methyl/N-ethyl adjacent to an activating group) is 1. The van der Waals surface area contributed by atoms with Gasteiger partial charge in [-0.05, 0) is 19.4 Å². The minimum atomic E-state index is 0.0474. The van der Waals surface area contributed by atoms with Crippen LogP contribution < -0.4 is 10.6 Å². The fourth-order valence-corrected chi connectivity index (χ4v) is 3.93. The summed E-state index contributed by atoms with van der Waals surface area (Å²) in [7, 11) is 0. The van der Waals surface area contributed by atoms with Crippen molar-refractivity contribution in [1.29, 1.82) is 0 Å². The molecular weight excluding hydrogens is 286 g/mol. The van der Waals surface area contributed by atoms with E-state index in [2.05, 4.69) is 21.7 Å². The molecule has 2 saturated heterocycles. The second-order valence-corrected chi connectivity index (χ2v) is 6.61. The lowest BCUT2D eigenvalue weighted by atomic mass is 10.3. The molecule has 1 aromatic heterocycles. The first-order valence-corrected chi connectivity index (χ1v) is 8.53. The zero-order chi connectivity index (χ0) is 14.8. The standard InChI is InChI=1S/C14H23N5OS/c1-2-17-7-9-18(10-8-17)13(20)11-12(15)16-14(21-11)19-5-3-4-6-19/h2-10,15H2,1H3. The molecule has 0 spiro atoms. The second-order valence-electron chi connectivity index (χ2n) is 5.63. The topological polar surface area (TPSA) is 65.7 Å². The van der Waals surface area contributed by atoms with Crippen LogP contribution in [0.2, 0.25) is 0 Å². The molecule has 2 fully saturated rings. The monoisotopic (exact) mass is 309 g/mol. The summed E-state index contributed by atoms with van der Waals surface area (Å²) in [5, 5.41) is 0.903. The van der Waals surface area contributed by atoms with Crippen molar-refractivity contribution in [2.24, 2.45) is 0 Å². The Hall–Kier alpha value is -1.34. The van der Waals surface area contributed by atoms with Crippen molar-refractivity contribution < 1.29 is 4.79 Å². The number of rotatable bonds is 3. The lowest BCUT2D eigenvalue weighted by Gasteiger charge is -2.33. The summed E-state index contributed by atoms with van der Waals surface area (Å²) in [5.41, 5.74) is 5.98. The van der Waals surface area contributed by atoms with Crippen molar-refractivity contribution in [3.8, 4) is 0 Å². The molecule has 3 rings (SSSR count). The molecule has 2 aliphatic rings. The van der Waals surface area contributed by atoms with Gasteiger partial charge in [-0.25, -0.2) is 4.98 Å². The van der Waals surface area contributed by atoms with Crippen molar-refractivity contribution in [3.63, 3.8) is 0 Å². The number of nitrogens with two attached hydrogens (primary N) is 1. The Morgan fingerprint density at radius 3 is 2.48 bits per heavy atom. The van der Waals surface area contributed by atoms with Gasteiger partial charge in [-0.1, -0.05) is 18.3 Å². The normalized spacial score (nSPS) is 20.2. The summed E-state index contributed by atoms with van der Waals surface area (Å²) in [5.74, 6) is 0.441. The van der Waals surface area contributed by atoms with E-state index in [-0.39, 0.29) is 5.91 Å². The van der Waals surface area contributed by atoms with Crippen LogP contribution in [-0.2, 0) is 0 Å². The van der Waals surface area contributed by atoms with Crippen molar-refractivity contribution in [2.75, 3.05) is 56.4 Å². The number of amides is 1. The summed E-state index contributed by atoms with van der Waals surface area (Å²) < 4.78 is 0. The van der Waals surface area contributed by atoms with Crippen LogP contribution in [0.4, 0.5) is 10.9 Å². The van der Waals surface area contributed by atoms with Gasteiger partial charge in [-0.3, -0.25) is 4.79 Å². The molecule has 2 N–H and O–H groups in total. The first-order chi connectivity index (χ1) is 10.2. The van der Waals surface area contributed by atoms with Crippen LogP contribution in [0.15, 0.2) is 0 Å². The number of hydrogen-bond acceptors (Lipinski definition) is 6. The van der Waals surface area contributed by atoms with Crippen LogP contribution >= 0.6 is 11.3 Å². The van der Waals surface area contributed by atoms with Gasteiger partial charge in [0, 0.05) is 39.3 Å². The number of nitrogen functional groups attached to an aromatic ring is 1. The van der Waals surface area contributed by atoms with Crippen LogP contribution in [0, 0.1) is 0 Å². The number of hydrogen-bond donors (Lipinski definition) is 1. The van der Waals surface area contributed by atoms with E-state index in [1.807, 2.05) is 4.90 Å². The quantitative estimate of drug-likeness (QED) is 0.906. The van der Waals surface area contributed by atoms with Crippen molar-refractivity contribution in [1.82, 2.24) is 14.8 Å². The van der Waals surface area contributed by atoms with Gasteiger partial charge in [-0.2, -0.15) is 0 Å². The number of piperazine rings is 1. The van der Waals surface area contributed by atoms with E-state index < -0.39 is 0 Å². The minimum Gasteiger partial charge on any atom is -0.382 e. The average molecular weight is 309 g/mol. The number of carbonyl (C=O) groups is 1. The SMILES string of the molecule is CCN1CCN(C(=O)c2sc(N3CCCC3)nc2N)CC1. The molecule has 1 aromatic rings. The smallest absolute Gasteiger partial charge is 0.267 e. The number of nitrogens with zero attached hydrogens (tertiary/aromatic N) is 4. The summed E-state index contributed by atoms with van der Waals surface area (Å²) in [6, 6.07) is 0. The number of carbonyl (C=O) groups excluding carboxylic acids is 1. The summed E-state index contributed by atoms with van der Waals surface area (Å²) in [6.45, 7) is 8.70. The van der Waals surface area contributed by atoms with Gasteiger partial charge in [0.15, 0.2) is 5.13 Å². The molecule has 0 aromatic carbocycles. The predicted octanol–water partition coefficient (Wildman–Crippen LogP) is 1.10. The molecule has 21 heavy (non-hydrogen) atoms. The Morgan fingerprint density at radius 1 is 1.19 bits per heavy atom. The fraction of sp³-hybridized carbons (Fsp3) is 0.714. The largest absolute Gasteiger partial charge is 0.382 e. The maximum atomic E-state index is 12.6. The van der Waals surface area contributed by atoms with Crippen molar-refractivity contribution in [2.45, 2.75) is 19.8 Å². The van der Waals surface area contributed by atoms with E-state index in [1.54, 1.807) is 0 Å². The molecule has 116 valence electrons. The van der Waals surface area contributed by atoms with Gasteiger partial charge in [0.25, 0.3) is 5.91 Å². The predicted molar refractivity (Wildman–Crippen MR) is 86.0 cm³/mol. The molecule has 0 unspecified atom stereocenters. The molecule has 6 nitrogen and oxygen atoms in total. The Balaban J connectivity index is 1.70. The molecular formula is C14H23N5OS. The molecule has 7 heteroatoms. The first kappa shape index (κ1) is 14.6. The number of aromatic nitrogens is 1. The lowest BCUT2D eigenvalue weighted by Crippen LogP contribution is -2.48. The zero-order valence-electron chi connectivity index (χ0n) is 12.5. The van der Waals surface area contributed by atoms with Crippen molar-refractivity contribution in [3.05, 3.63) is 4.88 Å². The Morgan fingerprint density at radius 2 is 1.86 bits per heavy atom. The van der Waals surface area contributed by atoms with E-state index in [9.17, 15) is 4.79 Å². The van der Waals surface area contributed by atoms with Gasteiger partial charge in [0.05, 0.1) is 0 Å². The van der Waals surface area contributed by atoms with Crippen LogP contribution in [0.3, 0.4) is 0 Å². The maximum absolute atomic E-state index is 12.6. The van der Waals surface area contributed by atoms with E-state index in [0.717, 1.165) is 50.9 Å². The van der Waals surface area contributed by atoms with Crippen LogP contribution in [0.5, 0.6) is 0 Å². The molecule has 0 radical (unpaired) electrons. The lowest BCUT2D eigenvalue weighted by molar-refractivity contribution is 0.0649. The van der Waals surface area contributed by atoms with Gasteiger partial charge in [0.1, 0.15) is 10.7 Å². The Labute approximate surface area is 129 Å². The average Bonchev–Trinajstić information content (AvgIpc) is 3.16. The minimum absolute atomic E-state index is 0.0474. The molecule has 0 bridgehead atoms. The van der Waals surface area contributed by atoms with Gasteiger partial charge < -0.3 is 20.4 Å². The summed E-state index contributed by atoms with van der Waals surface area (Å²) in [6.07, 6.45) is 2.39. The van der Waals surface area contributed by atoms with E-state index in [4.69, 9.17) is 5.73 Å². The molecule has 2 aliphatic heterocycles. The second kappa shape index (κ2) is 6.19. The van der Waals surface area contributed by atoms with Crippen LogP contribution in [-0.4, -0.2) is 66.5 Å². The highest BCUT2D eigenvalue weighted by molar-refractivity contribution is 7.18. The van der Waals surface area contributed by atoms with Crippen molar-refractivity contribution >= 4 is 28.2 Å². The molecule has 0 saturated carbocycles. The van der Waals surface area contributed by atoms with Crippen LogP contribution in [0.1, 0.15) is 29.4 Å². The third-order valence-corrected chi connectivity index (χ3v) is 5.44. The summed E-state index contributed by atoms with van der Waals surface area (Å²) >= 11 is 1.45. The zero-order valence-corrected chi connectivity index (χ0v) is 13.4. The van der Waals surface area contributed by atoms with Gasteiger partial charge in [0.2, 0.25) is 0 Å². The van der Waals surface area contributed by atoms with E-state index >= 15 is 0 Å². The fourth-order valence-electron chi connectivity index (χ4n) is 2.93. The molecule has 3 heterocycles. The Bertz CT molecular complexity index is 503.